The lowest BCUT2D eigenvalue weighted by Gasteiger charge is -2.46. The number of rotatable bonds is 17. The smallest absolute Gasteiger partial charge is 0.308 e. The number of cyclic esters (lactones) is 1. The molecule has 73 heavy (non-hydrogen) atoms. The second-order valence-corrected chi connectivity index (χ2v) is 19.9. The zero-order valence-corrected chi connectivity index (χ0v) is 44.2. The van der Waals surface area contributed by atoms with Gasteiger partial charge in [0, 0.05) is 58.2 Å². The Morgan fingerprint density at radius 3 is 2.05 bits per heavy atom. The van der Waals surface area contributed by atoms with Gasteiger partial charge in [-0.3, -0.25) is 28.8 Å². The maximum absolute atomic E-state index is 13.9. The Balaban J connectivity index is 1.66. The molecule has 0 saturated carbocycles. The zero-order valence-electron chi connectivity index (χ0n) is 44.2. The van der Waals surface area contributed by atoms with Crippen LogP contribution in [0.2, 0.25) is 0 Å². The Morgan fingerprint density at radius 1 is 0.836 bits per heavy atom. The van der Waals surface area contributed by atoms with Gasteiger partial charge in [0.25, 0.3) is 0 Å². The molecule has 23 nitrogen and oxygen atoms in total. The molecule has 4 N–H and O–H groups in total. The molecule has 3 aliphatic heterocycles. The van der Waals surface area contributed by atoms with Crippen molar-refractivity contribution in [1.82, 2.24) is 24.8 Å². The lowest BCUT2D eigenvalue weighted by Crippen LogP contribution is -2.63. The van der Waals surface area contributed by atoms with Crippen LogP contribution in [-0.2, 0) is 79.8 Å². The molecule has 1 aromatic heterocycles. The van der Waals surface area contributed by atoms with Crippen LogP contribution in [0.4, 0.5) is 0 Å². The highest BCUT2D eigenvalue weighted by atomic mass is 16.7. The van der Waals surface area contributed by atoms with E-state index >= 15 is 0 Å². The number of carbonyl (C=O) groups is 6. The molecule has 0 radical (unpaired) electrons. The molecule has 0 amide bonds. The summed E-state index contributed by atoms with van der Waals surface area (Å²) >= 11 is 0. The van der Waals surface area contributed by atoms with Crippen LogP contribution in [0.15, 0.2) is 30.0 Å². The minimum Gasteiger partial charge on any atom is -0.463 e. The summed E-state index contributed by atoms with van der Waals surface area (Å²) in [5, 5.41) is 53.4. The molecule has 2 saturated heterocycles. The van der Waals surface area contributed by atoms with E-state index in [1.54, 1.807) is 65.0 Å². The van der Waals surface area contributed by atoms with Gasteiger partial charge in [-0.2, -0.15) is 0 Å². The van der Waals surface area contributed by atoms with Gasteiger partial charge in [-0.1, -0.05) is 43.7 Å². The van der Waals surface area contributed by atoms with Crippen LogP contribution in [0.1, 0.15) is 93.7 Å². The Labute approximate surface area is 427 Å². The van der Waals surface area contributed by atoms with Gasteiger partial charge in [0.05, 0.1) is 55.7 Å². The van der Waals surface area contributed by atoms with Crippen LogP contribution in [0.25, 0.3) is 0 Å². The lowest BCUT2D eigenvalue weighted by molar-refractivity contribution is -0.304. The van der Waals surface area contributed by atoms with Gasteiger partial charge >= 0.3 is 29.8 Å². The van der Waals surface area contributed by atoms with E-state index in [0.717, 1.165) is 20.8 Å². The number of ketones is 1. The highest BCUT2D eigenvalue weighted by Gasteiger charge is 2.52. The number of esters is 5. The number of hydrogen-bond donors (Lipinski definition) is 4. The number of likely N-dealkylation sites (N-methyl/N-ethyl adjacent to an activating group) is 1. The van der Waals surface area contributed by atoms with Gasteiger partial charge in [0.1, 0.15) is 31.0 Å². The molecule has 0 spiro atoms. The van der Waals surface area contributed by atoms with E-state index in [-0.39, 0.29) is 31.9 Å². The first kappa shape index (κ1) is 60.8. The summed E-state index contributed by atoms with van der Waals surface area (Å²) in [7, 11) is 5.27. The normalized spacial score (nSPS) is 35.1. The Bertz CT molecular complexity index is 2070. The predicted molar refractivity (Wildman–Crippen MR) is 257 cm³/mol. The molecule has 0 aliphatic carbocycles. The number of hydrogen-bond acceptors (Lipinski definition) is 22. The summed E-state index contributed by atoms with van der Waals surface area (Å²) in [6, 6.07) is -0.784. The van der Waals surface area contributed by atoms with Gasteiger partial charge in [-0.05, 0) is 72.8 Å². The Hall–Kier alpha value is -4.72. The predicted octanol–water partition coefficient (Wildman–Crippen LogP) is 1.05. The molecule has 0 aromatic carbocycles. The maximum Gasteiger partial charge on any atom is 0.308 e. The highest BCUT2D eigenvalue weighted by Crippen LogP contribution is 2.35. The average Bonchev–Trinajstić information content (AvgIpc) is 3.74. The fourth-order valence-electron chi connectivity index (χ4n) is 9.75. The van der Waals surface area contributed by atoms with Crippen LogP contribution in [-0.4, -0.2) is 201 Å². The van der Waals surface area contributed by atoms with Gasteiger partial charge in [0.2, 0.25) is 0 Å². The minimum absolute atomic E-state index is 0.110. The number of allylic oxidation sites excluding steroid dienone is 3. The van der Waals surface area contributed by atoms with E-state index in [1.165, 1.54) is 17.7 Å². The van der Waals surface area contributed by atoms with Crippen LogP contribution in [0.3, 0.4) is 0 Å². The molecule has 4 rings (SSSR count). The first-order valence-electron chi connectivity index (χ1n) is 24.9. The van der Waals surface area contributed by atoms with Crippen molar-refractivity contribution in [2.24, 2.45) is 23.7 Å². The van der Waals surface area contributed by atoms with Crippen molar-refractivity contribution >= 4 is 35.6 Å². The van der Waals surface area contributed by atoms with Crippen molar-refractivity contribution in [1.29, 1.82) is 0 Å². The Kier molecular flexibility index (Phi) is 23.5. The minimum atomic E-state index is -1.36. The molecule has 4 heterocycles. The number of ether oxygens (including phenoxy) is 8. The summed E-state index contributed by atoms with van der Waals surface area (Å²) in [4.78, 5) is 79.8. The van der Waals surface area contributed by atoms with Crippen molar-refractivity contribution in [3.8, 4) is 0 Å². The number of aliphatic hydroxyl groups excluding tert-OH is 4. The molecule has 2 fully saturated rings. The van der Waals surface area contributed by atoms with E-state index in [9.17, 15) is 49.2 Å². The fraction of sp³-hybridized carbons (Fsp3) is 0.760. The SMILES string of the molecule is CC[C@H]1OC(=O)C[C@@H](O)[C@H](C)[C@@H](O[C@@H]2O[C@H](C)[C@@H](O)C(N(C)C)C2O)[C@@H](CCN(C)Cc2cn(C[C@@H]3O[C@H](COC(C)=O)[C@@H](OC(C)=O)[C@H](OC(C)=O)[C@H]3OC(C)=O)nn2)C[C@@H](C)C(=O)/C=C/C(C)=C/[C@@H]1CO. The van der Waals surface area contributed by atoms with Gasteiger partial charge in [-0.25, -0.2) is 4.68 Å². The lowest BCUT2D eigenvalue weighted by atomic mass is 9.79. The molecule has 1 aromatic rings. The number of aromatic nitrogens is 3. The van der Waals surface area contributed by atoms with Crippen molar-refractivity contribution in [2.75, 3.05) is 40.9 Å². The average molecular weight is 1040 g/mol. The van der Waals surface area contributed by atoms with Crippen molar-refractivity contribution in [3.63, 3.8) is 0 Å². The van der Waals surface area contributed by atoms with Crippen LogP contribution < -0.4 is 0 Å². The second-order valence-electron chi connectivity index (χ2n) is 19.9. The van der Waals surface area contributed by atoms with E-state index in [4.69, 9.17) is 37.9 Å². The van der Waals surface area contributed by atoms with Gasteiger partial charge < -0.3 is 68.1 Å². The largest absolute Gasteiger partial charge is 0.463 e. The summed E-state index contributed by atoms with van der Waals surface area (Å²) in [6.45, 7) is 13.2. The topological polar surface area (TPSA) is 294 Å². The standard InChI is InChI=1S/C50H79N5O18/c1-13-39-35(24-56)18-26(2)14-15-37(61)27(3)19-34(46(28(4)38(62)20-42(63)72-39)73-50-45(65)43(53(10)11)44(64)29(5)67-50)16-17-54(12)21-36-22-55(52-51-36)23-40-47(68-31(7)58)49(70-33(9)60)48(69-32(8)59)41(71-40)25-66-30(6)57/h14-15,18,22,27-29,34-35,38-41,43-50,56,62,64-65H,13,16-17,19-21,23-25H2,1-12H3/b15-14+,26-18+/t27-,28+,29-,34+,35-,38-,39-,40+,41-,43?,44-,45?,46-,47+,48-,49-,50+/m1/s1. The monoisotopic (exact) mass is 1040 g/mol. The third-order valence-electron chi connectivity index (χ3n) is 13.5. The summed E-state index contributed by atoms with van der Waals surface area (Å²) < 4.78 is 48.2. The third-order valence-corrected chi connectivity index (χ3v) is 13.5. The fourth-order valence-corrected chi connectivity index (χ4v) is 9.75. The van der Waals surface area contributed by atoms with Crippen LogP contribution in [0, 0.1) is 23.7 Å². The molecule has 412 valence electrons. The zero-order chi connectivity index (χ0) is 54.4. The molecular weight excluding hydrogens is 959 g/mol. The second kappa shape index (κ2) is 28.3. The first-order valence-corrected chi connectivity index (χ1v) is 24.9. The molecule has 0 bridgehead atoms. The van der Waals surface area contributed by atoms with Crippen molar-refractivity contribution in [3.05, 3.63) is 35.7 Å². The van der Waals surface area contributed by atoms with E-state index in [0.29, 0.717) is 30.7 Å². The summed E-state index contributed by atoms with van der Waals surface area (Å²) in [5.74, 6) is -6.25. The number of carbonyl (C=O) groups excluding carboxylic acids is 6. The van der Waals surface area contributed by atoms with Gasteiger partial charge in [0.15, 0.2) is 30.4 Å². The quantitative estimate of drug-likeness (QED) is 0.125. The van der Waals surface area contributed by atoms with E-state index in [2.05, 4.69) is 10.3 Å². The van der Waals surface area contributed by atoms with E-state index < -0.39 is 146 Å². The number of nitrogens with zero attached hydrogens (tertiary/aromatic N) is 5. The maximum atomic E-state index is 13.9. The van der Waals surface area contributed by atoms with Crippen LogP contribution >= 0.6 is 0 Å². The Morgan fingerprint density at radius 2 is 1.47 bits per heavy atom. The molecule has 3 aliphatic rings. The van der Waals surface area contributed by atoms with Gasteiger partial charge in [-0.15, -0.1) is 5.10 Å². The van der Waals surface area contributed by atoms with Crippen molar-refractivity contribution < 1.29 is 87.1 Å². The van der Waals surface area contributed by atoms with Crippen molar-refractivity contribution in [2.45, 2.75) is 181 Å². The molecule has 2 unspecified atom stereocenters. The highest BCUT2D eigenvalue weighted by molar-refractivity contribution is 5.91. The molecule has 17 atom stereocenters. The van der Waals surface area contributed by atoms with Crippen LogP contribution in [0.5, 0.6) is 0 Å². The molecular formula is C50H79N5O18. The summed E-state index contributed by atoms with van der Waals surface area (Å²) in [6.07, 6.45) is -6.56. The van der Waals surface area contributed by atoms with E-state index in [1.807, 2.05) is 18.9 Å². The molecule has 23 heteroatoms. The first-order chi connectivity index (χ1) is 34.3. The third kappa shape index (κ3) is 17.7. The number of aliphatic hydroxyl groups is 4. The summed E-state index contributed by atoms with van der Waals surface area (Å²) in [5.41, 5.74) is 1.17.